The largest absolute Gasteiger partial charge is 0.416 e. The molecule has 3 aliphatic carbocycles. The van der Waals surface area contributed by atoms with Crippen LogP contribution in [-0.4, -0.2) is 21.2 Å². The molecule has 3 atom stereocenters. The molecule has 0 heterocycles. The van der Waals surface area contributed by atoms with Crippen molar-refractivity contribution in [1.82, 2.24) is 0 Å². The fourth-order valence-corrected chi connectivity index (χ4v) is 4.90. The Morgan fingerprint density at radius 1 is 1.43 bits per heavy atom. The van der Waals surface area contributed by atoms with Crippen LogP contribution in [0.15, 0.2) is 12.2 Å². The maximum Gasteiger partial charge on any atom is 0.192 e. The zero-order valence-electron chi connectivity index (χ0n) is 14.5. The highest BCUT2D eigenvalue weighted by Crippen LogP contribution is 2.57. The number of rotatable bonds is 5. The van der Waals surface area contributed by atoms with Gasteiger partial charge in [-0.15, -0.1) is 0 Å². The SMILES string of the molecule is C=C1CC2(CO[Si](C)(C)C(C)(C)C)CCC1CC2CC=O. The second-order valence-electron chi connectivity index (χ2n) is 8.82. The molecule has 0 aliphatic heterocycles. The minimum Gasteiger partial charge on any atom is -0.416 e. The van der Waals surface area contributed by atoms with E-state index in [0.717, 1.165) is 25.7 Å². The second kappa shape index (κ2) is 5.66. The van der Waals surface area contributed by atoms with Crippen LogP contribution in [0.1, 0.15) is 52.9 Å². The summed E-state index contributed by atoms with van der Waals surface area (Å²) in [5, 5.41) is 0.243. The van der Waals surface area contributed by atoms with Crippen LogP contribution in [0.4, 0.5) is 0 Å². The Labute approximate surface area is 131 Å². The first-order valence-electron chi connectivity index (χ1n) is 8.36. The minimum atomic E-state index is -1.73. The van der Waals surface area contributed by atoms with Crippen LogP contribution < -0.4 is 0 Å². The summed E-state index contributed by atoms with van der Waals surface area (Å²) in [6, 6.07) is 0. The van der Waals surface area contributed by atoms with Gasteiger partial charge in [-0.25, -0.2) is 0 Å². The van der Waals surface area contributed by atoms with Crippen molar-refractivity contribution in [3.63, 3.8) is 0 Å². The summed E-state index contributed by atoms with van der Waals surface area (Å²) in [6.07, 6.45) is 6.49. The third-order valence-electron chi connectivity index (χ3n) is 6.49. The van der Waals surface area contributed by atoms with Crippen molar-refractivity contribution in [1.29, 1.82) is 0 Å². The summed E-state index contributed by atoms with van der Waals surface area (Å²) < 4.78 is 6.56. The highest BCUT2D eigenvalue weighted by atomic mass is 28.4. The molecular formula is C18H32O2Si. The average molecular weight is 309 g/mol. The van der Waals surface area contributed by atoms with E-state index in [1.54, 1.807) is 0 Å². The lowest BCUT2D eigenvalue weighted by atomic mass is 9.53. The second-order valence-corrected chi connectivity index (χ2v) is 13.6. The number of carbonyl (C=O) groups is 1. The number of aldehydes is 1. The van der Waals surface area contributed by atoms with Crippen molar-refractivity contribution in [2.24, 2.45) is 17.3 Å². The van der Waals surface area contributed by atoms with Gasteiger partial charge in [0.05, 0.1) is 0 Å². The van der Waals surface area contributed by atoms with Crippen LogP contribution in [0.25, 0.3) is 0 Å². The Morgan fingerprint density at radius 2 is 2.10 bits per heavy atom. The van der Waals surface area contributed by atoms with Gasteiger partial charge in [-0.3, -0.25) is 0 Å². The highest BCUT2D eigenvalue weighted by molar-refractivity contribution is 6.74. The van der Waals surface area contributed by atoms with E-state index in [1.807, 2.05) is 0 Å². The normalized spacial score (nSPS) is 33.3. The smallest absolute Gasteiger partial charge is 0.192 e. The number of fused-ring (bicyclic) bond motifs is 3. The van der Waals surface area contributed by atoms with Gasteiger partial charge in [0.15, 0.2) is 8.32 Å². The van der Waals surface area contributed by atoms with Gasteiger partial charge in [-0.05, 0) is 61.1 Å². The lowest BCUT2D eigenvalue weighted by Crippen LogP contribution is -2.50. The van der Waals surface area contributed by atoms with Crippen LogP contribution in [0.5, 0.6) is 0 Å². The molecule has 3 unspecified atom stereocenters. The van der Waals surface area contributed by atoms with E-state index in [9.17, 15) is 4.79 Å². The van der Waals surface area contributed by atoms with Crippen molar-refractivity contribution in [2.45, 2.75) is 71.0 Å². The van der Waals surface area contributed by atoms with Crippen molar-refractivity contribution in [3.8, 4) is 0 Å². The average Bonchev–Trinajstić information content (AvgIpc) is 2.37. The standard InChI is InChI=1S/C18H32O2Si/c1-14-12-18(13-20-21(5,6)17(2,3)4)9-7-15(14)11-16(18)8-10-19/h10,15-16H,1,7-9,11-13H2,2-6H3. The third kappa shape index (κ3) is 3.19. The van der Waals surface area contributed by atoms with E-state index in [-0.39, 0.29) is 10.5 Å². The number of hydrogen-bond donors (Lipinski definition) is 0. The van der Waals surface area contributed by atoms with Gasteiger partial charge in [0.2, 0.25) is 0 Å². The lowest BCUT2D eigenvalue weighted by Gasteiger charge is -2.54. The maximum atomic E-state index is 11.1. The predicted octanol–water partition coefficient (Wildman–Crippen LogP) is 4.96. The molecule has 0 spiro atoms. The van der Waals surface area contributed by atoms with Gasteiger partial charge in [0.25, 0.3) is 0 Å². The summed E-state index contributed by atoms with van der Waals surface area (Å²) >= 11 is 0. The van der Waals surface area contributed by atoms with Crippen LogP contribution in [0.3, 0.4) is 0 Å². The molecule has 3 rings (SSSR count). The maximum absolute atomic E-state index is 11.1. The molecule has 120 valence electrons. The molecule has 3 heteroatoms. The monoisotopic (exact) mass is 308 g/mol. The van der Waals surface area contributed by atoms with Crippen LogP contribution >= 0.6 is 0 Å². The van der Waals surface area contributed by atoms with Crippen LogP contribution in [0, 0.1) is 17.3 Å². The molecule has 2 nitrogen and oxygen atoms in total. The first-order chi connectivity index (χ1) is 9.61. The zero-order valence-corrected chi connectivity index (χ0v) is 15.5. The Hall–Kier alpha value is -0.413. The van der Waals surface area contributed by atoms with Crippen LogP contribution in [-0.2, 0) is 9.22 Å². The predicted molar refractivity (Wildman–Crippen MR) is 90.9 cm³/mol. The molecule has 3 aliphatic rings. The fourth-order valence-electron chi connectivity index (χ4n) is 3.82. The van der Waals surface area contributed by atoms with E-state index in [0.29, 0.717) is 18.3 Å². The Bertz CT molecular complexity index is 421. The topological polar surface area (TPSA) is 26.3 Å². The van der Waals surface area contributed by atoms with E-state index >= 15 is 0 Å². The molecule has 0 N–H and O–H groups in total. The number of hydrogen-bond acceptors (Lipinski definition) is 2. The molecule has 0 aromatic rings. The molecule has 3 saturated carbocycles. The van der Waals surface area contributed by atoms with Gasteiger partial charge in [0, 0.05) is 13.0 Å². The van der Waals surface area contributed by atoms with Gasteiger partial charge in [-0.1, -0.05) is 32.9 Å². The summed E-state index contributed by atoms with van der Waals surface area (Å²) in [5.74, 6) is 1.16. The Balaban J connectivity index is 2.14. The van der Waals surface area contributed by atoms with Gasteiger partial charge in [-0.2, -0.15) is 0 Å². The summed E-state index contributed by atoms with van der Waals surface area (Å²) in [6.45, 7) is 16.6. The summed E-state index contributed by atoms with van der Waals surface area (Å²) in [5.41, 5.74) is 1.59. The Kier molecular flexibility index (Phi) is 4.57. The molecule has 2 bridgehead atoms. The molecule has 0 aromatic heterocycles. The third-order valence-corrected chi connectivity index (χ3v) is 11.0. The van der Waals surface area contributed by atoms with Crippen molar-refractivity contribution >= 4 is 14.6 Å². The van der Waals surface area contributed by atoms with Crippen molar-refractivity contribution < 1.29 is 9.22 Å². The molecule has 3 fully saturated rings. The number of carbonyl (C=O) groups excluding carboxylic acids is 1. The molecule has 0 radical (unpaired) electrons. The molecule has 21 heavy (non-hydrogen) atoms. The zero-order chi connectivity index (χ0) is 15.9. The lowest BCUT2D eigenvalue weighted by molar-refractivity contribution is -0.111. The van der Waals surface area contributed by atoms with Crippen molar-refractivity contribution in [3.05, 3.63) is 12.2 Å². The summed E-state index contributed by atoms with van der Waals surface area (Å²) in [4.78, 5) is 11.1. The van der Waals surface area contributed by atoms with E-state index in [2.05, 4.69) is 40.4 Å². The Morgan fingerprint density at radius 3 is 2.62 bits per heavy atom. The van der Waals surface area contributed by atoms with E-state index < -0.39 is 8.32 Å². The molecular weight excluding hydrogens is 276 g/mol. The van der Waals surface area contributed by atoms with Gasteiger partial charge in [0.1, 0.15) is 6.29 Å². The molecule has 0 amide bonds. The fraction of sp³-hybridized carbons (Fsp3) is 0.833. The highest BCUT2D eigenvalue weighted by Gasteiger charge is 2.50. The van der Waals surface area contributed by atoms with Gasteiger partial charge >= 0.3 is 0 Å². The summed E-state index contributed by atoms with van der Waals surface area (Å²) in [7, 11) is -1.73. The molecule has 0 aromatic carbocycles. The molecule has 0 saturated heterocycles. The van der Waals surface area contributed by atoms with E-state index in [1.165, 1.54) is 18.4 Å². The van der Waals surface area contributed by atoms with E-state index in [4.69, 9.17) is 4.43 Å². The van der Waals surface area contributed by atoms with Crippen molar-refractivity contribution in [2.75, 3.05) is 6.61 Å². The number of allylic oxidation sites excluding steroid dienone is 1. The minimum absolute atomic E-state index is 0.183. The van der Waals surface area contributed by atoms with Gasteiger partial charge < -0.3 is 9.22 Å². The first-order valence-corrected chi connectivity index (χ1v) is 11.3. The first kappa shape index (κ1) is 16.9. The van der Waals surface area contributed by atoms with Crippen LogP contribution in [0.2, 0.25) is 18.1 Å². The quantitative estimate of drug-likeness (QED) is 0.407.